The zero-order valence-corrected chi connectivity index (χ0v) is 11.6. The van der Waals surface area contributed by atoms with Gasteiger partial charge in [0.2, 0.25) is 0 Å². The Morgan fingerprint density at radius 2 is 1.86 bits per heavy atom. The zero-order valence-electron chi connectivity index (χ0n) is 11.6. The molecule has 1 N–H and O–H groups in total. The average molecular weight is 289 g/mol. The predicted octanol–water partition coefficient (Wildman–Crippen LogP) is 3.80. The minimum Gasteiger partial charge on any atom is -0.486 e. The van der Waals surface area contributed by atoms with Gasteiger partial charge in [-0.15, -0.1) is 0 Å². The summed E-state index contributed by atoms with van der Waals surface area (Å²) in [5.41, 5.74) is 2.11. The van der Waals surface area contributed by atoms with Crippen LogP contribution < -0.4 is 10.1 Å². The summed E-state index contributed by atoms with van der Waals surface area (Å²) in [4.78, 5) is 0. The lowest BCUT2D eigenvalue weighted by atomic mass is 10.1. The second kappa shape index (κ2) is 6.22. The van der Waals surface area contributed by atoms with Gasteiger partial charge in [-0.2, -0.15) is 0 Å². The summed E-state index contributed by atoms with van der Waals surface area (Å²) >= 11 is 0. The second-order valence-corrected chi connectivity index (χ2v) is 5.34. The van der Waals surface area contributed by atoms with E-state index >= 15 is 0 Å². The van der Waals surface area contributed by atoms with E-state index in [1.165, 1.54) is 18.4 Å². The Kier molecular flexibility index (Phi) is 4.15. The van der Waals surface area contributed by atoms with E-state index in [0.29, 0.717) is 6.04 Å². The Morgan fingerprint density at radius 1 is 1.05 bits per heavy atom. The second-order valence-electron chi connectivity index (χ2n) is 5.34. The van der Waals surface area contributed by atoms with Gasteiger partial charge in [-0.3, -0.25) is 0 Å². The molecule has 1 aliphatic rings. The molecule has 2 aromatic rings. The fourth-order valence-electron chi connectivity index (χ4n) is 2.13. The normalized spacial score (nSPS) is 14.2. The fourth-order valence-corrected chi connectivity index (χ4v) is 2.13. The molecule has 3 rings (SSSR count). The molecule has 2 aromatic carbocycles. The van der Waals surface area contributed by atoms with Crippen molar-refractivity contribution >= 4 is 0 Å². The largest absolute Gasteiger partial charge is 0.486 e. The van der Waals surface area contributed by atoms with Crippen molar-refractivity contribution in [3.05, 3.63) is 65.2 Å². The average Bonchev–Trinajstić information content (AvgIpc) is 3.31. The number of hydrogen-bond acceptors (Lipinski definition) is 2. The minimum absolute atomic E-state index is 0.0588. The van der Waals surface area contributed by atoms with E-state index in [9.17, 15) is 8.78 Å². The summed E-state index contributed by atoms with van der Waals surface area (Å²) in [6.45, 7) is 1.05. The summed E-state index contributed by atoms with van der Waals surface area (Å²) < 4.78 is 31.9. The van der Waals surface area contributed by atoms with E-state index in [4.69, 9.17) is 4.74 Å². The maximum atomic E-state index is 13.5. The van der Waals surface area contributed by atoms with Crippen LogP contribution in [0.5, 0.6) is 5.75 Å². The summed E-state index contributed by atoms with van der Waals surface area (Å²) in [6.07, 6.45) is 2.50. The topological polar surface area (TPSA) is 21.3 Å². The molecule has 110 valence electrons. The zero-order chi connectivity index (χ0) is 14.7. The van der Waals surface area contributed by atoms with Crippen molar-refractivity contribution in [1.82, 2.24) is 5.32 Å². The van der Waals surface area contributed by atoms with Gasteiger partial charge in [-0.25, -0.2) is 8.78 Å². The highest BCUT2D eigenvalue weighted by Crippen LogP contribution is 2.21. The van der Waals surface area contributed by atoms with E-state index in [-0.39, 0.29) is 12.4 Å². The first kappa shape index (κ1) is 14.0. The summed E-state index contributed by atoms with van der Waals surface area (Å²) in [5, 5.41) is 3.44. The van der Waals surface area contributed by atoms with Gasteiger partial charge in [0.25, 0.3) is 0 Å². The molecule has 0 heterocycles. The van der Waals surface area contributed by atoms with E-state index in [1.54, 1.807) is 0 Å². The maximum Gasteiger partial charge on any atom is 0.165 e. The molecule has 0 aromatic heterocycles. The lowest BCUT2D eigenvalue weighted by Crippen LogP contribution is -2.15. The monoisotopic (exact) mass is 289 g/mol. The van der Waals surface area contributed by atoms with Crippen LogP contribution in [0.1, 0.15) is 24.0 Å². The number of benzene rings is 2. The van der Waals surface area contributed by atoms with Crippen molar-refractivity contribution in [2.45, 2.75) is 32.0 Å². The van der Waals surface area contributed by atoms with Crippen molar-refractivity contribution in [1.29, 1.82) is 0 Å². The van der Waals surface area contributed by atoms with Gasteiger partial charge in [0.05, 0.1) is 0 Å². The molecular weight excluding hydrogens is 272 g/mol. The summed E-state index contributed by atoms with van der Waals surface area (Å²) in [7, 11) is 0. The third kappa shape index (κ3) is 4.02. The molecule has 21 heavy (non-hydrogen) atoms. The first-order valence-corrected chi connectivity index (χ1v) is 7.10. The highest BCUT2D eigenvalue weighted by molar-refractivity contribution is 5.27. The van der Waals surface area contributed by atoms with Crippen LogP contribution in [0.15, 0.2) is 42.5 Å². The quantitative estimate of drug-likeness (QED) is 0.873. The van der Waals surface area contributed by atoms with Gasteiger partial charge in [-0.05, 0) is 36.1 Å². The van der Waals surface area contributed by atoms with Crippen LogP contribution in [0, 0.1) is 11.6 Å². The lowest BCUT2D eigenvalue weighted by molar-refractivity contribution is 0.288. The smallest absolute Gasteiger partial charge is 0.165 e. The number of rotatable bonds is 6. The maximum absolute atomic E-state index is 13.5. The van der Waals surface area contributed by atoms with Crippen LogP contribution in [-0.4, -0.2) is 6.04 Å². The lowest BCUT2D eigenvalue weighted by Gasteiger charge is -2.09. The van der Waals surface area contributed by atoms with Crippen LogP contribution in [0.25, 0.3) is 0 Å². The fraction of sp³-hybridized carbons (Fsp3) is 0.294. The highest BCUT2D eigenvalue weighted by atomic mass is 19.1. The standard InChI is InChI=1S/C17H17F2NO/c18-14-4-7-16(19)17(9-14)21-11-13-3-1-2-12(8-13)10-20-15-5-6-15/h1-4,7-9,15,20H,5-6,10-11H2. The number of hydrogen-bond donors (Lipinski definition) is 1. The van der Waals surface area contributed by atoms with E-state index in [0.717, 1.165) is 30.3 Å². The first-order chi connectivity index (χ1) is 10.2. The van der Waals surface area contributed by atoms with Crippen LogP contribution in [0.2, 0.25) is 0 Å². The van der Waals surface area contributed by atoms with Gasteiger partial charge in [0, 0.05) is 18.7 Å². The van der Waals surface area contributed by atoms with E-state index in [1.807, 2.05) is 24.3 Å². The Hall–Kier alpha value is -1.94. The van der Waals surface area contributed by atoms with Gasteiger partial charge >= 0.3 is 0 Å². The van der Waals surface area contributed by atoms with E-state index < -0.39 is 11.6 Å². The van der Waals surface area contributed by atoms with Crippen molar-refractivity contribution in [3.8, 4) is 5.75 Å². The number of halogens is 2. The van der Waals surface area contributed by atoms with Gasteiger partial charge in [0.1, 0.15) is 12.4 Å². The third-order valence-electron chi connectivity index (χ3n) is 3.45. The Balaban J connectivity index is 1.61. The molecule has 0 spiro atoms. The van der Waals surface area contributed by atoms with Gasteiger partial charge in [0.15, 0.2) is 11.6 Å². The SMILES string of the molecule is Fc1ccc(F)c(OCc2cccc(CNC3CC3)c2)c1. The minimum atomic E-state index is -0.553. The molecule has 4 heteroatoms. The van der Waals surface area contributed by atoms with E-state index in [2.05, 4.69) is 5.32 Å². The molecule has 2 nitrogen and oxygen atoms in total. The Bertz CT molecular complexity index is 626. The van der Waals surface area contributed by atoms with Crippen molar-refractivity contribution < 1.29 is 13.5 Å². The van der Waals surface area contributed by atoms with Crippen molar-refractivity contribution in [2.24, 2.45) is 0 Å². The summed E-state index contributed by atoms with van der Waals surface area (Å²) in [6, 6.07) is 11.8. The van der Waals surface area contributed by atoms with Crippen LogP contribution in [0.3, 0.4) is 0 Å². The molecule has 0 unspecified atom stereocenters. The molecule has 1 aliphatic carbocycles. The molecule has 0 radical (unpaired) electrons. The van der Waals surface area contributed by atoms with Gasteiger partial charge < -0.3 is 10.1 Å². The Morgan fingerprint density at radius 3 is 2.67 bits per heavy atom. The van der Waals surface area contributed by atoms with Crippen molar-refractivity contribution in [2.75, 3.05) is 0 Å². The summed E-state index contributed by atoms with van der Waals surface area (Å²) in [5.74, 6) is -1.12. The highest BCUT2D eigenvalue weighted by Gasteiger charge is 2.19. The molecule has 0 aliphatic heterocycles. The molecule has 1 saturated carbocycles. The number of ether oxygens (including phenoxy) is 1. The Labute approximate surface area is 122 Å². The van der Waals surface area contributed by atoms with Crippen molar-refractivity contribution in [3.63, 3.8) is 0 Å². The predicted molar refractivity (Wildman–Crippen MR) is 77.0 cm³/mol. The molecular formula is C17H17F2NO. The molecule has 0 atom stereocenters. The first-order valence-electron chi connectivity index (χ1n) is 7.10. The van der Waals surface area contributed by atoms with Gasteiger partial charge in [-0.1, -0.05) is 24.3 Å². The van der Waals surface area contributed by atoms with Crippen LogP contribution >= 0.6 is 0 Å². The third-order valence-corrected chi connectivity index (χ3v) is 3.45. The van der Waals surface area contributed by atoms with Crippen LogP contribution in [-0.2, 0) is 13.2 Å². The van der Waals surface area contributed by atoms with Crippen LogP contribution in [0.4, 0.5) is 8.78 Å². The molecule has 0 amide bonds. The molecule has 0 bridgehead atoms. The molecule has 1 fully saturated rings. The number of nitrogens with one attached hydrogen (secondary N) is 1. The molecule has 0 saturated heterocycles.